The third-order valence-corrected chi connectivity index (χ3v) is 4.23. The molecule has 0 aromatic heterocycles. The Kier molecular flexibility index (Phi) is 4.25. The van der Waals surface area contributed by atoms with E-state index < -0.39 is 4.92 Å². The summed E-state index contributed by atoms with van der Waals surface area (Å²) < 4.78 is 0. The maximum Gasteiger partial charge on any atom is 0.271 e. The Morgan fingerprint density at radius 1 is 1.30 bits per heavy atom. The van der Waals surface area contributed by atoms with E-state index in [4.69, 9.17) is 12.2 Å². The molecule has 0 bridgehead atoms. The number of thiocarbonyl (C=S) groups is 1. The Bertz CT molecular complexity index is 776. The highest BCUT2D eigenvalue weighted by Crippen LogP contribution is 2.29. The summed E-state index contributed by atoms with van der Waals surface area (Å²) in [6, 6.07) is 12.7. The third-order valence-electron chi connectivity index (χ3n) is 3.91. The predicted octanol–water partition coefficient (Wildman–Crippen LogP) is 4.05. The quantitative estimate of drug-likeness (QED) is 0.512. The molecule has 0 radical (unpaired) electrons. The number of hydrogen-bond donors (Lipinski definition) is 1. The molecule has 0 spiro atoms. The van der Waals surface area contributed by atoms with Crippen molar-refractivity contribution in [2.75, 3.05) is 16.8 Å². The number of non-ortho nitro benzene ring substituents is 1. The SMILES string of the molecule is Cc1ccc2c(c1)CCCN2C(=S)Nc1cccc([N+](=O)[O-])c1. The van der Waals surface area contributed by atoms with Crippen LogP contribution >= 0.6 is 12.2 Å². The van der Waals surface area contributed by atoms with Gasteiger partial charge in [-0.1, -0.05) is 23.8 Å². The lowest BCUT2D eigenvalue weighted by molar-refractivity contribution is -0.384. The molecule has 1 heterocycles. The van der Waals surface area contributed by atoms with Crippen molar-refractivity contribution in [3.63, 3.8) is 0 Å². The van der Waals surface area contributed by atoms with Crippen LogP contribution in [0.1, 0.15) is 17.5 Å². The van der Waals surface area contributed by atoms with Crippen LogP contribution in [0.4, 0.5) is 17.1 Å². The Hall–Kier alpha value is -2.47. The van der Waals surface area contributed by atoms with E-state index in [0.717, 1.165) is 25.1 Å². The van der Waals surface area contributed by atoms with E-state index >= 15 is 0 Å². The van der Waals surface area contributed by atoms with Crippen LogP contribution in [0.3, 0.4) is 0 Å². The second kappa shape index (κ2) is 6.34. The molecular formula is C17H17N3O2S. The lowest BCUT2D eigenvalue weighted by atomic mass is 10.00. The first-order valence-electron chi connectivity index (χ1n) is 7.47. The summed E-state index contributed by atoms with van der Waals surface area (Å²) in [5, 5.41) is 14.6. The normalized spacial score (nSPS) is 13.3. The maximum absolute atomic E-state index is 10.9. The van der Waals surface area contributed by atoms with Crippen molar-refractivity contribution in [1.29, 1.82) is 0 Å². The molecule has 1 aliphatic rings. The van der Waals surface area contributed by atoms with Crippen molar-refractivity contribution in [2.45, 2.75) is 19.8 Å². The Balaban J connectivity index is 1.82. The minimum absolute atomic E-state index is 0.0486. The van der Waals surface area contributed by atoms with Crippen molar-refractivity contribution in [3.05, 3.63) is 63.7 Å². The minimum Gasteiger partial charge on any atom is -0.332 e. The molecule has 1 N–H and O–H groups in total. The second-order valence-corrected chi connectivity index (χ2v) is 6.01. The molecular weight excluding hydrogens is 310 g/mol. The van der Waals surface area contributed by atoms with Crippen LogP contribution in [0.25, 0.3) is 0 Å². The molecule has 0 atom stereocenters. The largest absolute Gasteiger partial charge is 0.332 e. The molecule has 0 saturated heterocycles. The number of rotatable bonds is 2. The minimum atomic E-state index is -0.410. The molecule has 3 rings (SSSR count). The first-order valence-corrected chi connectivity index (χ1v) is 7.88. The first kappa shape index (κ1) is 15.4. The van der Waals surface area contributed by atoms with Crippen LogP contribution in [0.15, 0.2) is 42.5 Å². The fraction of sp³-hybridized carbons (Fsp3) is 0.235. The molecule has 118 valence electrons. The number of nitro benzene ring substituents is 1. The van der Waals surface area contributed by atoms with E-state index in [1.54, 1.807) is 12.1 Å². The van der Waals surface area contributed by atoms with Crippen molar-refractivity contribution in [1.82, 2.24) is 0 Å². The number of benzene rings is 2. The standard InChI is InChI=1S/C17H17N3O2S/c1-12-7-8-16-13(10-12)4-3-9-19(16)17(23)18-14-5-2-6-15(11-14)20(21)22/h2,5-8,10-11H,3-4,9H2,1H3,(H,18,23). The van der Waals surface area contributed by atoms with Crippen LogP contribution in [0.2, 0.25) is 0 Å². The van der Waals surface area contributed by atoms with Gasteiger partial charge in [-0.3, -0.25) is 10.1 Å². The fourth-order valence-electron chi connectivity index (χ4n) is 2.83. The lowest BCUT2D eigenvalue weighted by Crippen LogP contribution is -2.38. The van der Waals surface area contributed by atoms with Gasteiger partial charge in [0.1, 0.15) is 0 Å². The number of aryl methyl sites for hydroxylation is 2. The molecule has 5 nitrogen and oxygen atoms in total. The summed E-state index contributed by atoms with van der Waals surface area (Å²) in [7, 11) is 0. The molecule has 0 amide bonds. The third kappa shape index (κ3) is 3.32. The molecule has 0 unspecified atom stereocenters. The van der Waals surface area contributed by atoms with Crippen molar-refractivity contribution >= 4 is 34.4 Å². The number of nitrogens with one attached hydrogen (secondary N) is 1. The van der Waals surface area contributed by atoms with Gasteiger partial charge in [0.25, 0.3) is 5.69 Å². The monoisotopic (exact) mass is 327 g/mol. The summed E-state index contributed by atoms with van der Waals surface area (Å²) in [5.41, 5.74) is 4.32. The Morgan fingerprint density at radius 3 is 2.91 bits per heavy atom. The molecule has 2 aromatic carbocycles. The summed E-state index contributed by atoms with van der Waals surface area (Å²) in [5.74, 6) is 0. The number of anilines is 2. The molecule has 0 fully saturated rings. The number of fused-ring (bicyclic) bond motifs is 1. The molecule has 1 aliphatic heterocycles. The second-order valence-electron chi connectivity index (χ2n) is 5.62. The van der Waals surface area contributed by atoms with Gasteiger partial charge in [-0.15, -0.1) is 0 Å². The zero-order valence-corrected chi connectivity index (χ0v) is 13.6. The van der Waals surface area contributed by atoms with Crippen molar-refractivity contribution < 1.29 is 4.92 Å². The molecule has 2 aromatic rings. The van der Waals surface area contributed by atoms with E-state index in [9.17, 15) is 10.1 Å². The van der Waals surface area contributed by atoms with Gasteiger partial charge in [0.15, 0.2) is 5.11 Å². The predicted molar refractivity (Wildman–Crippen MR) is 96.2 cm³/mol. The van der Waals surface area contributed by atoms with E-state index in [0.29, 0.717) is 10.8 Å². The summed E-state index contributed by atoms with van der Waals surface area (Å²) in [6.45, 7) is 2.93. The average Bonchev–Trinajstić information content (AvgIpc) is 2.54. The van der Waals surface area contributed by atoms with Gasteiger partial charge in [-0.05, 0) is 49.7 Å². The van der Waals surface area contributed by atoms with Gasteiger partial charge in [0.2, 0.25) is 0 Å². The summed E-state index contributed by atoms with van der Waals surface area (Å²) >= 11 is 5.52. The van der Waals surface area contributed by atoms with E-state index in [-0.39, 0.29) is 5.69 Å². The van der Waals surface area contributed by atoms with Crippen LogP contribution < -0.4 is 10.2 Å². The highest BCUT2D eigenvalue weighted by molar-refractivity contribution is 7.80. The summed E-state index contributed by atoms with van der Waals surface area (Å²) in [6.07, 6.45) is 2.08. The molecule has 0 saturated carbocycles. The summed E-state index contributed by atoms with van der Waals surface area (Å²) in [4.78, 5) is 12.5. The van der Waals surface area contributed by atoms with Gasteiger partial charge in [-0.2, -0.15) is 0 Å². The zero-order valence-electron chi connectivity index (χ0n) is 12.8. The number of nitrogens with zero attached hydrogens (tertiary/aromatic N) is 2. The maximum atomic E-state index is 10.9. The molecule has 23 heavy (non-hydrogen) atoms. The van der Waals surface area contributed by atoms with Crippen molar-refractivity contribution in [2.24, 2.45) is 0 Å². The fourth-order valence-corrected chi connectivity index (χ4v) is 3.13. The van der Waals surface area contributed by atoms with Crippen LogP contribution in [0, 0.1) is 17.0 Å². The molecule has 6 heteroatoms. The first-order chi connectivity index (χ1) is 11.0. The van der Waals surface area contributed by atoms with Crippen LogP contribution in [-0.2, 0) is 6.42 Å². The highest BCUT2D eigenvalue weighted by atomic mass is 32.1. The van der Waals surface area contributed by atoms with Gasteiger partial charge in [-0.25, -0.2) is 0 Å². The van der Waals surface area contributed by atoms with Gasteiger partial charge < -0.3 is 10.2 Å². The van der Waals surface area contributed by atoms with Crippen molar-refractivity contribution in [3.8, 4) is 0 Å². The average molecular weight is 327 g/mol. The zero-order chi connectivity index (χ0) is 16.4. The van der Waals surface area contributed by atoms with Gasteiger partial charge in [0.05, 0.1) is 4.92 Å². The van der Waals surface area contributed by atoms with Gasteiger partial charge in [0, 0.05) is 30.1 Å². The van der Waals surface area contributed by atoms with E-state index in [1.807, 2.05) is 0 Å². The highest BCUT2D eigenvalue weighted by Gasteiger charge is 2.20. The van der Waals surface area contributed by atoms with E-state index in [1.165, 1.54) is 23.3 Å². The van der Waals surface area contributed by atoms with Crippen LogP contribution in [0.5, 0.6) is 0 Å². The molecule has 0 aliphatic carbocycles. The van der Waals surface area contributed by atoms with Crippen LogP contribution in [-0.4, -0.2) is 16.6 Å². The van der Waals surface area contributed by atoms with Gasteiger partial charge >= 0.3 is 0 Å². The topological polar surface area (TPSA) is 58.4 Å². The number of nitro groups is 1. The Labute approximate surface area is 140 Å². The Morgan fingerprint density at radius 2 is 2.13 bits per heavy atom. The van der Waals surface area contributed by atoms with E-state index in [2.05, 4.69) is 35.3 Å². The lowest BCUT2D eigenvalue weighted by Gasteiger charge is -2.32. The smallest absolute Gasteiger partial charge is 0.271 e. The number of hydrogen-bond acceptors (Lipinski definition) is 3.